The molecule has 1 N–H and O–H groups in total. The van der Waals surface area contributed by atoms with E-state index < -0.39 is 0 Å². The quantitative estimate of drug-likeness (QED) is 0.772. The fraction of sp³-hybridized carbons (Fsp3) is 0.353. The minimum absolute atomic E-state index is 0. The minimum Gasteiger partial charge on any atom is -0.334 e. The van der Waals surface area contributed by atoms with Crippen molar-refractivity contribution in [1.29, 1.82) is 0 Å². The van der Waals surface area contributed by atoms with Crippen LogP contribution in [-0.2, 0) is 0 Å². The van der Waals surface area contributed by atoms with Crippen LogP contribution in [0.5, 0.6) is 0 Å². The first kappa shape index (κ1) is 17.6. The first-order valence-corrected chi connectivity index (χ1v) is 8.08. The molecule has 0 saturated carbocycles. The van der Waals surface area contributed by atoms with E-state index in [2.05, 4.69) is 32.5 Å². The molecule has 3 aromatic rings. The van der Waals surface area contributed by atoms with Gasteiger partial charge in [0.25, 0.3) is 5.89 Å². The Morgan fingerprint density at radius 3 is 2.68 bits per heavy atom. The summed E-state index contributed by atoms with van der Waals surface area (Å²) in [5.41, 5.74) is 2.90. The highest BCUT2D eigenvalue weighted by molar-refractivity contribution is 5.85. The molecule has 0 amide bonds. The summed E-state index contributed by atoms with van der Waals surface area (Å²) >= 11 is 0. The van der Waals surface area contributed by atoms with Gasteiger partial charge in [0, 0.05) is 31.4 Å². The zero-order valence-corrected chi connectivity index (χ0v) is 15.0. The summed E-state index contributed by atoms with van der Waals surface area (Å²) < 4.78 is 7.31. The number of piperazine rings is 1. The Bertz CT molecular complexity index is 828. The van der Waals surface area contributed by atoms with Gasteiger partial charge in [-0.25, -0.2) is 4.68 Å². The van der Waals surface area contributed by atoms with Crippen molar-refractivity contribution in [3.63, 3.8) is 0 Å². The van der Waals surface area contributed by atoms with Gasteiger partial charge in [-0.3, -0.25) is 4.90 Å². The molecule has 7 nitrogen and oxygen atoms in total. The minimum atomic E-state index is 0. The summed E-state index contributed by atoms with van der Waals surface area (Å²) in [6, 6.07) is 10.1. The predicted octanol–water partition coefficient (Wildman–Crippen LogP) is 2.23. The highest BCUT2D eigenvalue weighted by Crippen LogP contribution is 2.23. The van der Waals surface area contributed by atoms with Gasteiger partial charge in [0.1, 0.15) is 0 Å². The van der Waals surface area contributed by atoms with Crippen LogP contribution in [0.2, 0.25) is 0 Å². The van der Waals surface area contributed by atoms with Crippen molar-refractivity contribution in [1.82, 2.24) is 30.1 Å². The van der Waals surface area contributed by atoms with Crippen LogP contribution in [0.1, 0.15) is 17.6 Å². The summed E-state index contributed by atoms with van der Waals surface area (Å²) in [6.07, 6.45) is 1.95. The number of rotatable bonds is 3. The summed E-state index contributed by atoms with van der Waals surface area (Å²) in [7, 11) is 2.09. The number of aromatic nitrogens is 4. The maximum atomic E-state index is 5.46. The van der Waals surface area contributed by atoms with Crippen molar-refractivity contribution in [2.24, 2.45) is 0 Å². The molecule has 1 unspecified atom stereocenters. The zero-order valence-electron chi connectivity index (χ0n) is 14.2. The van der Waals surface area contributed by atoms with Gasteiger partial charge in [0.2, 0.25) is 0 Å². The summed E-state index contributed by atoms with van der Waals surface area (Å²) in [4.78, 5) is 6.82. The first-order valence-electron chi connectivity index (χ1n) is 8.08. The average Bonchev–Trinajstić information content (AvgIpc) is 3.25. The molecule has 0 bridgehead atoms. The lowest BCUT2D eigenvalue weighted by atomic mass is 10.2. The van der Waals surface area contributed by atoms with E-state index in [0.717, 1.165) is 42.4 Å². The number of nitrogens with zero attached hydrogens (tertiary/aromatic N) is 5. The van der Waals surface area contributed by atoms with Crippen LogP contribution in [0.15, 0.2) is 41.1 Å². The number of hydrogen-bond donors (Lipinski definition) is 1. The van der Waals surface area contributed by atoms with Crippen LogP contribution in [0, 0.1) is 6.92 Å². The number of aryl methyl sites for hydroxylation is 1. The topological polar surface area (TPSA) is 72.0 Å². The molecule has 1 aromatic carbocycles. The van der Waals surface area contributed by atoms with Crippen LogP contribution < -0.4 is 5.32 Å². The van der Waals surface area contributed by atoms with E-state index in [1.807, 2.05) is 48.1 Å². The Kier molecular flexibility index (Phi) is 5.17. The highest BCUT2D eigenvalue weighted by atomic mass is 35.5. The SMILES string of the molecule is Cc1ccn(-c2ccc(-c3nc(C4CNCCN4C)no3)cc2)n1.Cl. The molecular weight excluding hydrogens is 340 g/mol. The molecule has 1 fully saturated rings. The lowest BCUT2D eigenvalue weighted by Gasteiger charge is -2.30. The largest absolute Gasteiger partial charge is 0.334 e. The third kappa shape index (κ3) is 3.58. The molecule has 132 valence electrons. The molecule has 0 spiro atoms. The van der Waals surface area contributed by atoms with Crippen LogP contribution in [-0.4, -0.2) is 51.5 Å². The van der Waals surface area contributed by atoms with Gasteiger partial charge in [-0.2, -0.15) is 10.1 Å². The molecule has 25 heavy (non-hydrogen) atoms. The highest BCUT2D eigenvalue weighted by Gasteiger charge is 2.25. The molecule has 3 heterocycles. The number of benzene rings is 1. The predicted molar refractivity (Wildman–Crippen MR) is 97.1 cm³/mol. The number of hydrogen-bond acceptors (Lipinski definition) is 6. The fourth-order valence-electron chi connectivity index (χ4n) is 2.90. The third-order valence-electron chi connectivity index (χ3n) is 4.35. The van der Waals surface area contributed by atoms with E-state index in [1.54, 1.807) is 0 Å². The maximum absolute atomic E-state index is 5.46. The van der Waals surface area contributed by atoms with E-state index in [9.17, 15) is 0 Å². The Hall–Kier alpha value is -2.22. The van der Waals surface area contributed by atoms with Crippen LogP contribution in [0.25, 0.3) is 17.1 Å². The summed E-state index contributed by atoms with van der Waals surface area (Å²) in [6.45, 7) is 4.79. The first-order chi connectivity index (χ1) is 11.7. The standard InChI is InChI=1S/C17H20N6O.ClH/c1-12-7-9-23(20-12)14-5-3-13(4-6-14)17-19-16(21-24-17)15-11-18-8-10-22(15)2;/h3-7,9,15,18H,8,10-11H2,1-2H3;1H. The third-order valence-corrected chi connectivity index (χ3v) is 4.35. The normalized spacial score (nSPS) is 18.1. The second-order valence-corrected chi connectivity index (χ2v) is 6.11. The number of nitrogens with one attached hydrogen (secondary N) is 1. The molecule has 1 aliphatic rings. The number of likely N-dealkylation sites (N-methyl/N-ethyl adjacent to an activating group) is 1. The Balaban J connectivity index is 0.00000182. The lowest BCUT2D eigenvalue weighted by molar-refractivity contribution is 0.190. The molecule has 1 aliphatic heterocycles. The van der Waals surface area contributed by atoms with E-state index in [1.165, 1.54) is 0 Å². The van der Waals surface area contributed by atoms with Gasteiger partial charge in [-0.15, -0.1) is 12.4 Å². The molecule has 1 atom stereocenters. The fourth-order valence-corrected chi connectivity index (χ4v) is 2.90. The van der Waals surface area contributed by atoms with Crippen molar-refractivity contribution >= 4 is 12.4 Å². The van der Waals surface area contributed by atoms with E-state index >= 15 is 0 Å². The van der Waals surface area contributed by atoms with Gasteiger partial charge in [0.05, 0.1) is 17.4 Å². The second kappa shape index (κ2) is 7.35. The van der Waals surface area contributed by atoms with Gasteiger partial charge >= 0.3 is 0 Å². The van der Waals surface area contributed by atoms with Crippen LogP contribution >= 0.6 is 12.4 Å². The molecule has 2 aromatic heterocycles. The molecule has 4 rings (SSSR count). The van der Waals surface area contributed by atoms with Gasteiger partial charge in [-0.1, -0.05) is 5.16 Å². The number of halogens is 1. The molecule has 0 radical (unpaired) electrons. The Morgan fingerprint density at radius 1 is 1.20 bits per heavy atom. The second-order valence-electron chi connectivity index (χ2n) is 6.11. The van der Waals surface area contributed by atoms with Crippen molar-refractivity contribution in [3.05, 3.63) is 48.0 Å². The monoisotopic (exact) mass is 360 g/mol. The molecule has 8 heteroatoms. The van der Waals surface area contributed by atoms with Crippen molar-refractivity contribution in [2.75, 3.05) is 26.7 Å². The molecule has 0 aliphatic carbocycles. The van der Waals surface area contributed by atoms with E-state index in [-0.39, 0.29) is 18.4 Å². The van der Waals surface area contributed by atoms with Crippen molar-refractivity contribution in [3.8, 4) is 17.1 Å². The smallest absolute Gasteiger partial charge is 0.257 e. The van der Waals surface area contributed by atoms with Crippen molar-refractivity contribution in [2.45, 2.75) is 13.0 Å². The van der Waals surface area contributed by atoms with Gasteiger partial charge in [-0.05, 0) is 44.3 Å². The summed E-state index contributed by atoms with van der Waals surface area (Å²) in [5, 5.41) is 11.9. The molecule has 1 saturated heterocycles. The van der Waals surface area contributed by atoms with Crippen molar-refractivity contribution < 1.29 is 4.52 Å². The van der Waals surface area contributed by atoms with Crippen LogP contribution in [0.3, 0.4) is 0 Å². The average molecular weight is 361 g/mol. The van der Waals surface area contributed by atoms with Crippen LogP contribution in [0.4, 0.5) is 0 Å². The van der Waals surface area contributed by atoms with Gasteiger partial charge < -0.3 is 9.84 Å². The summed E-state index contributed by atoms with van der Waals surface area (Å²) in [5.74, 6) is 1.28. The Morgan fingerprint density at radius 2 is 2.00 bits per heavy atom. The van der Waals surface area contributed by atoms with E-state index in [0.29, 0.717) is 5.89 Å². The van der Waals surface area contributed by atoms with Gasteiger partial charge in [0.15, 0.2) is 5.82 Å². The lowest BCUT2D eigenvalue weighted by Crippen LogP contribution is -2.44. The maximum Gasteiger partial charge on any atom is 0.257 e. The molecular formula is C17H21ClN6O. The Labute approximate surface area is 152 Å². The van der Waals surface area contributed by atoms with E-state index in [4.69, 9.17) is 4.52 Å². The zero-order chi connectivity index (χ0) is 16.5.